The lowest BCUT2D eigenvalue weighted by molar-refractivity contribution is 0.0805. The van der Waals surface area contributed by atoms with Gasteiger partial charge >= 0.3 is 6.09 Å². The molecule has 0 fully saturated rings. The van der Waals surface area contributed by atoms with Crippen molar-refractivity contribution in [3.05, 3.63) is 35.4 Å². The van der Waals surface area contributed by atoms with Crippen LogP contribution in [0.25, 0.3) is 0 Å². The summed E-state index contributed by atoms with van der Waals surface area (Å²) in [5, 5.41) is 0. The molecule has 0 aliphatic carbocycles. The van der Waals surface area contributed by atoms with Crippen LogP contribution in [0.15, 0.2) is 24.3 Å². The van der Waals surface area contributed by atoms with E-state index >= 15 is 0 Å². The van der Waals surface area contributed by atoms with E-state index < -0.39 is 6.09 Å². The van der Waals surface area contributed by atoms with E-state index in [1.54, 1.807) is 39.3 Å². The van der Waals surface area contributed by atoms with Gasteiger partial charge in [-0.1, -0.05) is 18.2 Å². The number of ether oxygens (including phenoxy) is 1. The van der Waals surface area contributed by atoms with Crippen molar-refractivity contribution in [1.29, 1.82) is 0 Å². The van der Waals surface area contributed by atoms with Crippen molar-refractivity contribution in [2.24, 2.45) is 0 Å². The molecule has 2 amide bonds. The van der Waals surface area contributed by atoms with Crippen LogP contribution in [-0.4, -0.2) is 68.6 Å². The number of hydrogen-bond acceptors (Lipinski definition) is 4. The molecule has 1 rings (SSSR count). The fourth-order valence-electron chi connectivity index (χ4n) is 1.83. The number of rotatable bonds is 5. The molecule has 0 N–H and O–H groups in total. The highest BCUT2D eigenvalue weighted by molar-refractivity contribution is 5.95. The molecule has 6 heteroatoms. The van der Waals surface area contributed by atoms with Crippen LogP contribution in [-0.2, 0) is 11.3 Å². The van der Waals surface area contributed by atoms with Gasteiger partial charge in [-0.3, -0.25) is 14.6 Å². The minimum Gasteiger partial charge on any atom is -0.444 e. The number of carbonyl (C=O) groups is 2. The minimum absolute atomic E-state index is 0.0757. The molecule has 21 heavy (non-hydrogen) atoms. The van der Waals surface area contributed by atoms with Crippen molar-refractivity contribution in [2.75, 3.05) is 41.9 Å². The molecule has 1 aromatic carbocycles. The Morgan fingerprint density at radius 1 is 1.05 bits per heavy atom. The van der Waals surface area contributed by atoms with Gasteiger partial charge < -0.3 is 9.64 Å². The molecular formula is C15H23N3O3. The Balaban J connectivity index is 2.72. The molecule has 0 atom stereocenters. The summed E-state index contributed by atoms with van der Waals surface area (Å²) in [6, 6.07) is 7.13. The zero-order chi connectivity index (χ0) is 16.0. The summed E-state index contributed by atoms with van der Waals surface area (Å²) in [6.45, 7) is 0.545. The minimum atomic E-state index is -0.421. The Morgan fingerprint density at radius 3 is 2.24 bits per heavy atom. The number of carbonyl (C=O) groups excluding carboxylic acids is 2. The van der Waals surface area contributed by atoms with Gasteiger partial charge in [-0.2, -0.15) is 0 Å². The third kappa shape index (κ3) is 5.07. The zero-order valence-corrected chi connectivity index (χ0v) is 13.3. The smallest absolute Gasteiger partial charge is 0.410 e. The second-order valence-electron chi connectivity index (χ2n) is 5.33. The maximum atomic E-state index is 12.1. The van der Waals surface area contributed by atoms with E-state index in [0.29, 0.717) is 17.8 Å². The maximum absolute atomic E-state index is 12.1. The Kier molecular flexibility index (Phi) is 6.17. The van der Waals surface area contributed by atoms with Crippen LogP contribution < -0.4 is 0 Å². The molecule has 116 valence electrons. The third-order valence-electron chi connectivity index (χ3n) is 2.81. The predicted molar refractivity (Wildman–Crippen MR) is 81.0 cm³/mol. The largest absolute Gasteiger partial charge is 0.444 e. The van der Waals surface area contributed by atoms with Crippen molar-refractivity contribution in [1.82, 2.24) is 14.7 Å². The molecule has 0 heterocycles. The van der Waals surface area contributed by atoms with Crippen LogP contribution >= 0.6 is 0 Å². The molecule has 0 saturated heterocycles. The maximum Gasteiger partial charge on any atom is 0.410 e. The summed E-state index contributed by atoms with van der Waals surface area (Å²) in [7, 11) is 8.79. The normalized spacial score (nSPS) is 10.4. The van der Waals surface area contributed by atoms with E-state index in [0.717, 1.165) is 0 Å². The van der Waals surface area contributed by atoms with Gasteiger partial charge in [0.2, 0.25) is 0 Å². The van der Waals surface area contributed by atoms with Crippen LogP contribution in [0, 0.1) is 0 Å². The number of nitrogens with zero attached hydrogens (tertiary/aromatic N) is 3. The fraction of sp³-hybridized carbons (Fsp3) is 0.467. The van der Waals surface area contributed by atoms with E-state index in [-0.39, 0.29) is 12.5 Å². The third-order valence-corrected chi connectivity index (χ3v) is 2.81. The summed E-state index contributed by atoms with van der Waals surface area (Å²) in [6.07, 6.45) is -0.421. The highest BCUT2D eigenvalue weighted by Gasteiger charge is 2.15. The lowest BCUT2D eigenvalue weighted by atomic mass is 10.1. The monoisotopic (exact) mass is 293 g/mol. The summed E-state index contributed by atoms with van der Waals surface area (Å²) in [4.78, 5) is 28.7. The Morgan fingerprint density at radius 2 is 1.67 bits per heavy atom. The zero-order valence-electron chi connectivity index (χ0n) is 13.3. The average Bonchev–Trinajstić information content (AvgIpc) is 2.43. The van der Waals surface area contributed by atoms with E-state index in [1.807, 2.05) is 25.1 Å². The van der Waals surface area contributed by atoms with Crippen molar-refractivity contribution < 1.29 is 14.3 Å². The molecule has 0 unspecified atom stereocenters. The number of amides is 2. The molecular weight excluding hydrogens is 270 g/mol. The molecule has 6 nitrogen and oxygen atoms in total. The first-order valence-electron chi connectivity index (χ1n) is 6.65. The van der Waals surface area contributed by atoms with Crippen LogP contribution in [0.5, 0.6) is 0 Å². The van der Waals surface area contributed by atoms with Crippen LogP contribution in [0.1, 0.15) is 15.9 Å². The van der Waals surface area contributed by atoms with Gasteiger partial charge in [0.05, 0.1) is 6.67 Å². The van der Waals surface area contributed by atoms with Gasteiger partial charge in [0, 0.05) is 32.3 Å². The quantitative estimate of drug-likeness (QED) is 0.772. The molecule has 0 radical (unpaired) electrons. The number of hydrogen-bond donors (Lipinski definition) is 0. The lowest BCUT2D eigenvalue weighted by Crippen LogP contribution is -2.35. The second-order valence-corrected chi connectivity index (χ2v) is 5.33. The van der Waals surface area contributed by atoms with Gasteiger partial charge in [0.15, 0.2) is 0 Å². The first kappa shape index (κ1) is 17.0. The first-order valence-corrected chi connectivity index (χ1v) is 6.65. The summed E-state index contributed by atoms with van der Waals surface area (Å²) < 4.78 is 5.25. The summed E-state index contributed by atoms with van der Waals surface area (Å²) >= 11 is 0. The molecule has 0 aliphatic rings. The topological polar surface area (TPSA) is 53.1 Å². The van der Waals surface area contributed by atoms with Crippen molar-refractivity contribution in [3.8, 4) is 0 Å². The van der Waals surface area contributed by atoms with Crippen molar-refractivity contribution in [3.63, 3.8) is 0 Å². The summed E-state index contributed by atoms with van der Waals surface area (Å²) in [5.41, 5.74) is 1.24. The molecule has 0 bridgehead atoms. The number of benzene rings is 1. The van der Waals surface area contributed by atoms with Gasteiger partial charge in [-0.15, -0.1) is 0 Å². The molecule has 1 aromatic rings. The molecule has 0 saturated carbocycles. The van der Waals surface area contributed by atoms with Gasteiger partial charge in [0.25, 0.3) is 5.91 Å². The molecule has 0 aromatic heterocycles. The predicted octanol–water partition coefficient (Wildman–Crippen LogP) is 1.48. The highest BCUT2D eigenvalue weighted by Crippen LogP contribution is 2.12. The fourth-order valence-corrected chi connectivity index (χ4v) is 1.83. The Labute approximate surface area is 125 Å². The Hall–Kier alpha value is -2.08. The van der Waals surface area contributed by atoms with E-state index in [2.05, 4.69) is 0 Å². The molecule has 0 spiro atoms. The van der Waals surface area contributed by atoms with Gasteiger partial charge in [-0.05, 0) is 20.2 Å². The summed E-state index contributed by atoms with van der Waals surface area (Å²) in [5.74, 6) is -0.108. The average molecular weight is 293 g/mol. The lowest BCUT2D eigenvalue weighted by Gasteiger charge is -2.21. The van der Waals surface area contributed by atoms with Crippen molar-refractivity contribution in [2.45, 2.75) is 6.61 Å². The van der Waals surface area contributed by atoms with Crippen LogP contribution in [0.4, 0.5) is 4.79 Å². The SMILES string of the molecule is CN(C)CN(C)C(=O)OCc1ccccc1C(=O)N(C)C. The van der Waals surface area contributed by atoms with Crippen LogP contribution in [0.3, 0.4) is 0 Å². The van der Waals surface area contributed by atoms with Crippen LogP contribution in [0.2, 0.25) is 0 Å². The van der Waals surface area contributed by atoms with Crippen molar-refractivity contribution >= 4 is 12.0 Å². The highest BCUT2D eigenvalue weighted by atomic mass is 16.6. The first-order chi connectivity index (χ1) is 9.82. The second kappa shape index (κ2) is 7.64. The van der Waals surface area contributed by atoms with Gasteiger partial charge in [-0.25, -0.2) is 4.79 Å². The van der Waals surface area contributed by atoms with E-state index in [1.165, 1.54) is 9.80 Å². The van der Waals surface area contributed by atoms with E-state index in [4.69, 9.17) is 4.74 Å². The Bertz CT molecular complexity index is 501. The molecule has 0 aliphatic heterocycles. The standard InChI is InChI=1S/C15H23N3O3/c1-16(2)11-18(5)15(20)21-10-12-8-6-7-9-13(12)14(19)17(3)4/h6-9H,10-11H2,1-5H3. The van der Waals surface area contributed by atoms with E-state index in [9.17, 15) is 9.59 Å². The van der Waals surface area contributed by atoms with Gasteiger partial charge in [0.1, 0.15) is 6.61 Å².